The van der Waals surface area contributed by atoms with Crippen LogP contribution in [-0.4, -0.2) is 17.9 Å². The van der Waals surface area contributed by atoms with Crippen LogP contribution in [0, 0.1) is 0 Å². The average Bonchev–Trinajstić information content (AvgIpc) is 2.17. The minimum atomic E-state index is -1.24. The monoisotopic (exact) mass is 253 g/mol. The number of aliphatic carboxylic acids is 1. The molecule has 16 heavy (non-hydrogen) atoms. The Morgan fingerprint density at radius 3 is 2.25 bits per heavy atom. The summed E-state index contributed by atoms with van der Waals surface area (Å²) >= 11 is 0. The van der Waals surface area contributed by atoms with E-state index in [1.54, 1.807) is 0 Å². The van der Waals surface area contributed by atoms with Crippen molar-refractivity contribution in [3.63, 3.8) is 0 Å². The van der Waals surface area contributed by atoms with Crippen LogP contribution in [0.2, 0.25) is 0 Å². The molecule has 0 aromatic heterocycles. The van der Waals surface area contributed by atoms with Gasteiger partial charge in [-0.15, -0.1) is 0 Å². The van der Waals surface area contributed by atoms with Gasteiger partial charge in [0.05, 0.1) is 12.0 Å². The summed E-state index contributed by atoms with van der Waals surface area (Å²) in [5, 5.41) is 12.7. The molecule has 5 heteroatoms. The Kier molecular flexibility index (Phi) is 14.2. The Balaban J connectivity index is 0. The smallest absolute Gasteiger partial charge is 0.548 e. The molecule has 1 unspecified atom stereocenters. The number of unbranched alkanes of at least 4 members (excludes halogenated alkanes) is 4. The predicted molar refractivity (Wildman–Crippen MR) is 56.0 cm³/mol. The molecular weight excluding hydrogens is 233 g/mol. The van der Waals surface area contributed by atoms with Crippen LogP contribution in [0.3, 0.4) is 0 Å². The van der Waals surface area contributed by atoms with Crippen molar-refractivity contribution < 1.29 is 66.1 Å². The molecule has 0 aromatic rings. The topological polar surface area (TPSA) is 69.2 Å². The molecule has 0 radical (unpaired) electrons. The molecule has 88 valence electrons. The standard InChI is InChI=1S/C11H21NO3.K/c1-3-4-5-6-7-8-10(13)12-9(2)11(14)15;/h9H,3-8H2,1-2H3,(H,12,13)(H,14,15);/q;+1/p-1. The van der Waals surface area contributed by atoms with E-state index >= 15 is 0 Å². The summed E-state index contributed by atoms with van der Waals surface area (Å²) in [5.74, 6) is -1.45. The van der Waals surface area contributed by atoms with Crippen LogP contribution >= 0.6 is 0 Å². The van der Waals surface area contributed by atoms with Gasteiger partial charge in [-0.3, -0.25) is 4.79 Å². The van der Waals surface area contributed by atoms with Gasteiger partial charge in [-0.25, -0.2) is 0 Å². The van der Waals surface area contributed by atoms with Crippen LogP contribution in [0.15, 0.2) is 0 Å². The van der Waals surface area contributed by atoms with Gasteiger partial charge < -0.3 is 15.2 Å². The first-order chi connectivity index (χ1) is 7.07. The van der Waals surface area contributed by atoms with Crippen LogP contribution in [0.25, 0.3) is 0 Å². The molecule has 0 aromatic carbocycles. The van der Waals surface area contributed by atoms with E-state index < -0.39 is 12.0 Å². The molecule has 0 aliphatic carbocycles. The molecule has 1 amide bonds. The predicted octanol–water partition coefficient (Wildman–Crippen LogP) is -2.39. The van der Waals surface area contributed by atoms with Crippen molar-refractivity contribution in [2.75, 3.05) is 0 Å². The van der Waals surface area contributed by atoms with Crippen molar-refractivity contribution in [3.05, 3.63) is 0 Å². The number of rotatable bonds is 8. The summed E-state index contributed by atoms with van der Waals surface area (Å²) in [5.41, 5.74) is 0. The van der Waals surface area contributed by atoms with E-state index in [-0.39, 0.29) is 57.3 Å². The van der Waals surface area contributed by atoms with Gasteiger partial charge in [0.2, 0.25) is 5.91 Å². The minimum absolute atomic E-state index is 0. The van der Waals surface area contributed by atoms with E-state index in [0.29, 0.717) is 6.42 Å². The van der Waals surface area contributed by atoms with Crippen LogP contribution in [0.5, 0.6) is 0 Å². The Hall–Kier alpha value is 0.576. The number of nitrogens with one attached hydrogen (secondary N) is 1. The third-order valence-electron chi connectivity index (χ3n) is 2.24. The number of carboxylic acid groups (broad SMARTS) is 1. The van der Waals surface area contributed by atoms with Crippen molar-refractivity contribution >= 4 is 11.9 Å². The van der Waals surface area contributed by atoms with Crippen molar-refractivity contribution in [2.45, 2.75) is 58.4 Å². The fourth-order valence-corrected chi connectivity index (χ4v) is 1.26. The van der Waals surface area contributed by atoms with Crippen molar-refractivity contribution in [1.29, 1.82) is 0 Å². The summed E-state index contributed by atoms with van der Waals surface area (Å²) in [6, 6.07) is -0.895. The zero-order valence-corrected chi connectivity index (χ0v) is 13.7. The Bertz CT molecular complexity index is 209. The first kappa shape index (κ1) is 18.9. The van der Waals surface area contributed by atoms with Crippen molar-refractivity contribution in [3.8, 4) is 0 Å². The average molecular weight is 253 g/mol. The molecule has 0 saturated heterocycles. The third-order valence-corrected chi connectivity index (χ3v) is 2.24. The normalized spacial score (nSPS) is 11.4. The second kappa shape index (κ2) is 12.0. The number of hydrogen-bond acceptors (Lipinski definition) is 3. The van der Waals surface area contributed by atoms with Gasteiger partial charge in [-0.2, -0.15) is 0 Å². The maximum absolute atomic E-state index is 11.2. The Morgan fingerprint density at radius 1 is 1.19 bits per heavy atom. The van der Waals surface area contributed by atoms with E-state index in [4.69, 9.17) is 0 Å². The number of carbonyl (C=O) groups is 2. The van der Waals surface area contributed by atoms with Crippen LogP contribution < -0.4 is 61.8 Å². The van der Waals surface area contributed by atoms with E-state index in [9.17, 15) is 14.7 Å². The SMILES string of the molecule is CCCCCCCC(=O)NC(C)C(=O)[O-].[K+]. The second-order valence-electron chi connectivity index (χ2n) is 3.77. The molecule has 1 N–H and O–H groups in total. The molecule has 0 fully saturated rings. The van der Waals surface area contributed by atoms with Gasteiger partial charge >= 0.3 is 51.4 Å². The van der Waals surface area contributed by atoms with Gasteiger partial charge in [0.15, 0.2) is 0 Å². The van der Waals surface area contributed by atoms with Crippen LogP contribution in [0.1, 0.15) is 52.4 Å². The Labute approximate surface area is 140 Å². The van der Waals surface area contributed by atoms with Crippen LogP contribution in [0.4, 0.5) is 0 Å². The van der Waals surface area contributed by atoms with Gasteiger partial charge in [-0.1, -0.05) is 32.6 Å². The summed E-state index contributed by atoms with van der Waals surface area (Å²) in [7, 11) is 0. The largest absolute Gasteiger partial charge is 1.00 e. The van der Waals surface area contributed by atoms with E-state index in [1.165, 1.54) is 19.8 Å². The molecular formula is C11H20KNO3. The quantitative estimate of drug-likeness (QED) is 0.387. The zero-order valence-electron chi connectivity index (χ0n) is 10.5. The molecule has 0 bridgehead atoms. The fourth-order valence-electron chi connectivity index (χ4n) is 1.26. The van der Waals surface area contributed by atoms with Gasteiger partial charge in [0.1, 0.15) is 0 Å². The van der Waals surface area contributed by atoms with E-state index in [0.717, 1.165) is 19.3 Å². The van der Waals surface area contributed by atoms with Crippen molar-refractivity contribution in [1.82, 2.24) is 5.32 Å². The molecule has 0 spiro atoms. The fraction of sp³-hybridized carbons (Fsp3) is 0.818. The molecule has 0 aliphatic rings. The summed E-state index contributed by atoms with van der Waals surface area (Å²) in [6.07, 6.45) is 5.76. The molecule has 0 aliphatic heterocycles. The molecule has 1 atom stereocenters. The Morgan fingerprint density at radius 2 is 1.75 bits per heavy atom. The number of carboxylic acids is 1. The van der Waals surface area contributed by atoms with Gasteiger partial charge in [0, 0.05) is 6.42 Å². The van der Waals surface area contributed by atoms with Gasteiger partial charge in [0.25, 0.3) is 0 Å². The zero-order chi connectivity index (χ0) is 11.7. The minimum Gasteiger partial charge on any atom is -0.548 e. The van der Waals surface area contributed by atoms with E-state index in [1.807, 2.05) is 0 Å². The van der Waals surface area contributed by atoms with E-state index in [2.05, 4.69) is 12.2 Å². The number of carbonyl (C=O) groups excluding carboxylic acids is 2. The van der Waals surface area contributed by atoms with Gasteiger partial charge in [-0.05, 0) is 13.3 Å². The number of hydrogen-bond donors (Lipinski definition) is 1. The summed E-state index contributed by atoms with van der Waals surface area (Å²) in [4.78, 5) is 21.5. The summed E-state index contributed by atoms with van der Waals surface area (Å²) < 4.78 is 0. The summed E-state index contributed by atoms with van der Waals surface area (Å²) in [6.45, 7) is 3.54. The molecule has 0 rings (SSSR count). The van der Waals surface area contributed by atoms with Crippen molar-refractivity contribution in [2.24, 2.45) is 0 Å². The first-order valence-corrected chi connectivity index (χ1v) is 5.58. The molecule has 0 heterocycles. The number of amides is 1. The van der Waals surface area contributed by atoms with Crippen LogP contribution in [-0.2, 0) is 9.59 Å². The molecule has 0 saturated carbocycles. The molecule has 4 nitrogen and oxygen atoms in total. The maximum atomic E-state index is 11.2. The third kappa shape index (κ3) is 11.1. The first-order valence-electron chi connectivity index (χ1n) is 5.58. The second-order valence-corrected chi connectivity index (χ2v) is 3.77. The maximum Gasteiger partial charge on any atom is 1.00 e.